The zero-order valence-electron chi connectivity index (χ0n) is 14.7. The fourth-order valence-electron chi connectivity index (χ4n) is 2.44. The highest BCUT2D eigenvalue weighted by Crippen LogP contribution is 2.33. The smallest absolute Gasteiger partial charge is 0.237 e. The van der Waals surface area contributed by atoms with Crippen molar-refractivity contribution in [2.45, 2.75) is 30.9 Å². The molecular weight excluding hydrogens is 322 g/mol. The number of ether oxygens (including phenoxy) is 2. The predicted octanol–water partition coefficient (Wildman–Crippen LogP) is 4.44. The van der Waals surface area contributed by atoms with E-state index < -0.39 is 0 Å². The lowest BCUT2D eigenvalue weighted by Crippen LogP contribution is -2.22. The Labute approximate surface area is 147 Å². The summed E-state index contributed by atoms with van der Waals surface area (Å²) in [6, 6.07) is 11.7. The van der Waals surface area contributed by atoms with Crippen LogP contribution in [0.15, 0.2) is 41.3 Å². The molecule has 0 fully saturated rings. The number of amides is 1. The van der Waals surface area contributed by atoms with E-state index in [1.54, 1.807) is 14.2 Å². The van der Waals surface area contributed by atoms with Crippen LogP contribution in [0, 0.1) is 13.8 Å². The summed E-state index contributed by atoms with van der Waals surface area (Å²) >= 11 is 1.48. The van der Waals surface area contributed by atoms with Crippen LogP contribution in [0.1, 0.15) is 18.1 Å². The van der Waals surface area contributed by atoms with Gasteiger partial charge in [-0.15, -0.1) is 11.8 Å². The molecule has 0 aliphatic heterocycles. The number of hydrogen-bond acceptors (Lipinski definition) is 4. The standard InChI is InChI=1S/C19H23NO3S/c1-12-8-13(2)10-15(9-12)20-19(21)14(3)24-16-6-7-17(22-4)18(11-16)23-5/h6-11,14H,1-5H3,(H,20,21)/t14-/m0/s1. The van der Waals surface area contributed by atoms with Crippen molar-refractivity contribution >= 4 is 23.4 Å². The minimum atomic E-state index is -0.232. The van der Waals surface area contributed by atoms with Crippen molar-refractivity contribution in [2.24, 2.45) is 0 Å². The fourth-order valence-corrected chi connectivity index (χ4v) is 3.33. The largest absolute Gasteiger partial charge is 0.493 e. The van der Waals surface area contributed by atoms with Gasteiger partial charge in [-0.1, -0.05) is 6.07 Å². The molecule has 1 atom stereocenters. The van der Waals surface area contributed by atoms with Crippen molar-refractivity contribution in [2.75, 3.05) is 19.5 Å². The number of carbonyl (C=O) groups excluding carboxylic acids is 1. The molecule has 0 aliphatic carbocycles. The summed E-state index contributed by atoms with van der Waals surface area (Å²) in [6.45, 7) is 5.92. The van der Waals surface area contributed by atoms with Crippen LogP contribution in [-0.4, -0.2) is 25.4 Å². The average molecular weight is 345 g/mol. The Kier molecular flexibility index (Phi) is 6.15. The predicted molar refractivity (Wildman–Crippen MR) is 99.4 cm³/mol. The molecule has 0 saturated carbocycles. The average Bonchev–Trinajstić information content (AvgIpc) is 2.53. The van der Waals surface area contributed by atoms with Crippen LogP contribution in [0.3, 0.4) is 0 Å². The number of benzene rings is 2. The molecule has 5 heteroatoms. The van der Waals surface area contributed by atoms with Crippen LogP contribution < -0.4 is 14.8 Å². The first-order valence-electron chi connectivity index (χ1n) is 7.70. The molecule has 2 aromatic carbocycles. The quantitative estimate of drug-likeness (QED) is 0.786. The van der Waals surface area contributed by atoms with Gasteiger partial charge in [0.05, 0.1) is 19.5 Å². The SMILES string of the molecule is COc1ccc(S[C@@H](C)C(=O)Nc2cc(C)cc(C)c2)cc1OC. The maximum absolute atomic E-state index is 12.4. The van der Waals surface area contributed by atoms with E-state index in [2.05, 4.69) is 11.4 Å². The first-order valence-corrected chi connectivity index (χ1v) is 8.58. The minimum absolute atomic E-state index is 0.0280. The first-order chi connectivity index (χ1) is 11.4. The van der Waals surface area contributed by atoms with Crippen molar-refractivity contribution in [3.63, 3.8) is 0 Å². The molecule has 2 rings (SSSR count). The number of rotatable bonds is 6. The Hall–Kier alpha value is -2.14. The molecule has 0 aliphatic rings. The molecule has 128 valence electrons. The Bertz CT molecular complexity index is 710. The number of anilines is 1. The molecule has 1 amide bonds. The minimum Gasteiger partial charge on any atom is -0.493 e. The molecule has 24 heavy (non-hydrogen) atoms. The Morgan fingerprint density at radius 1 is 1.00 bits per heavy atom. The third-order valence-corrected chi connectivity index (χ3v) is 4.62. The molecule has 0 radical (unpaired) electrons. The molecule has 0 unspecified atom stereocenters. The zero-order chi connectivity index (χ0) is 17.7. The fraction of sp³-hybridized carbons (Fsp3) is 0.316. The van der Waals surface area contributed by atoms with Gasteiger partial charge in [0.1, 0.15) is 0 Å². The number of aryl methyl sites for hydroxylation is 2. The molecule has 0 aromatic heterocycles. The highest BCUT2D eigenvalue weighted by Gasteiger charge is 2.16. The monoisotopic (exact) mass is 345 g/mol. The van der Waals surface area contributed by atoms with E-state index in [0.29, 0.717) is 11.5 Å². The van der Waals surface area contributed by atoms with E-state index in [1.807, 2.05) is 51.1 Å². The van der Waals surface area contributed by atoms with E-state index >= 15 is 0 Å². The molecule has 0 saturated heterocycles. The summed E-state index contributed by atoms with van der Waals surface area (Å²) in [5.41, 5.74) is 3.09. The van der Waals surface area contributed by atoms with E-state index in [9.17, 15) is 4.79 Å². The summed E-state index contributed by atoms with van der Waals surface area (Å²) in [5.74, 6) is 1.30. The first kappa shape index (κ1) is 18.2. The summed E-state index contributed by atoms with van der Waals surface area (Å²) in [4.78, 5) is 13.4. The van der Waals surface area contributed by atoms with E-state index in [4.69, 9.17) is 9.47 Å². The van der Waals surface area contributed by atoms with Crippen LogP contribution in [-0.2, 0) is 4.79 Å². The number of methoxy groups -OCH3 is 2. The van der Waals surface area contributed by atoms with E-state index in [0.717, 1.165) is 21.7 Å². The summed E-state index contributed by atoms with van der Waals surface area (Å²) < 4.78 is 10.5. The molecule has 0 spiro atoms. The lowest BCUT2D eigenvalue weighted by molar-refractivity contribution is -0.115. The summed E-state index contributed by atoms with van der Waals surface area (Å²) in [5, 5.41) is 2.75. The van der Waals surface area contributed by atoms with Gasteiger partial charge in [0.2, 0.25) is 5.91 Å². The van der Waals surface area contributed by atoms with Gasteiger partial charge in [-0.3, -0.25) is 4.79 Å². The second-order valence-corrected chi connectivity index (χ2v) is 7.06. The lowest BCUT2D eigenvalue weighted by Gasteiger charge is -2.14. The highest BCUT2D eigenvalue weighted by molar-refractivity contribution is 8.00. The van der Waals surface area contributed by atoms with Crippen LogP contribution in [0.4, 0.5) is 5.69 Å². The van der Waals surface area contributed by atoms with Crippen LogP contribution in [0.2, 0.25) is 0 Å². The second kappa shape index (κ2) is 8.11. The van der Waals surface area contributed by atoms with Crippen molar-refractivity contribution < 1.29 is 14.3 Å². The highest BCUT2D eigenvalue weighted by atomic mass is 32.2. The topological polar surface area (TPSA) is 47.6 Å². The molecule has 0 bridgehead atoms. The van der Waals surface area contributed by atoms with Gasteiger partial charge in [-0.25, -0.2) is 0 Å². The molecule has 0 heterocycles. The number of thioether (sulfide) groups is 1. The van der Waals surface area contributed by atoms with E-state index in [1.165, 1.54) is 11.8 Å². The Morgan fingerprint density at radius 3 is 2.21 bits per heavy atom. The van der Waals surface area contributed by atoms with Crippen LogP contribution >= 0.6 is 11.8 Å². The van der Waals surface area contributed by atoms with Crippen molar-refractivity contribution in [1.82, 2.24) is 0 Å². The number of carbonyl (C=O) groups is 1. The van der Waals surface area contributed by atoms with Gasteiger partial charge in [0, 0.05) is 10.6 Å². The molecule has 2 aromatic rings. The van der Waals surface area contributed by atoms with Gasteiger partial charge < -0.3 is 14.8 Å². The maximum Gasteiger partial charge on any atom is 0.237 e. The second-order valence-electron chi connectivity index (χ2n) is 5.64. The summed E-state index contributed by atoms with van der Waals surface area (Å²) in [7, 11) is 3.20. The number of nitrogens with one attached hydrogen (secondary N) is 1. The van der Waals surface area contributed by atoms with Gasteiger partial charge >= 0.3 is 0 Å². The maximum atomic E-state index is 12.4. The van der Waals surface area contributed by atoms with Gasteiger partial charge in [0.15, 0.2) is 11.5 Å². The Morgan fingerprint density at radius 2 is 1.62 bits per heavy atom. The van der Waals surface area contributed by atoms with Crippen molar-refractivity contribution in [3.05, 3.63) is 47.5 Å². The molecule has 1 N–H and O–H groups in total. The molecule has 4 nitrogen and oxygen atoms in total. The van der Waals surface area contributed by atoms with Crippen LogP contribution in [0.5, 0.6) is 11.5 Å². The third kappa shape index (κ3) is 4.68. The van der Waals surface area contributed by atoms with Crippen molar-refractivity contribution in [3.8, 4) is 11.5 Å². The normalized spacial score (nSPS) is 11.7. The number of hydrogen-bond donors (Lipinski definition) is 1. The van der Waals surface area contributed by atoms with Gasteiger partial charge in [0.25, 0.3) is 0 Å². The van der Waals surface area contributed by atoms with Crippen molar-refractivity contribution in [1.29, 1.82) is 0 Å². The van der Waals surface area contributed by atoms with Gasteiger partial charge in [-0.2, -0.15) is 0 Å². The summed E-state index contributed by atoms with van der Waals surface area (Å²) in [6.07, 6.45) is 0. The Balaban J connectivity index is 2.06. The zero-order valence-corrected chi connectivity index (χ0v) is 15.5. The van der Waals surface area contributed by atoms with Gasteiger partial charge in [-0.05, 0) is 62.2 Å². The van der Waals surface area contributed by atoms with E-state index in [-0.39, 0.29) is 11.2 Å². The third-order valence-electron chi connectivity index (χ3n) is 3.53. The lowest BCUT2D eigenvalue weighted by atomic mass is 10.1. The van der Waals surface area contributed by atoms with Crippen LogP contribution in [0.25, 0.3) is 0 Å². The molecular formula is C19H23NO3S.